The van der Waals surface area contributed by atoms with E-state index in [1.54, 1.807) is 0 Å². The molecule has 0 unspecified atom stereocenters. The molecule has 81 heavy (non-hydrogen) atoms. The fraction of sp³-hybridized carbons (Fsp3) is 0.0256. The van der Waals surface area contributed by atoms with Crippen LogP contribution < -0.4 is 0 Å². The van der Waals surface area contributed by atoms with Gasteiger partial charge in [-0.3, -0.25) is 0 Å². The highest BCUT2D eigenvalue weighted by Crippen LogP contribution is 2.65. The van der Waals surface area contributed by atoms with E-state index in [1.807, 2.05) is 11.3 Å². The van der Waals surface area contributed by atoms with Gasteiger partial charge in [0.05, 0.1) is 32.9 Å². The second-order valence-corrected chi connectivity index (χ2v) is 23.6. The summed E-state index contributed by atoms with van der Waals surface area (Å²) in [6.07, 6.45) is 0. The molecule has 0 aliphatic heterocycles. The molecule has 0 atom stereocenters. The molecule has 19 rings (SSSR count). The Morgan fingerprint density at radius 2 is 0.494 bits per heavy atom. The minimum atomic E-state index is -0.513. The van der Waals surface area contributed by atoms with Crippen LogP contribution in [-0.2, 0) is 10.8 Å². The zero-order valence-electron chi connectivity index (χ0n) is 43.9. The van der Waals surface area contributed by atoms with Crippen molar-refractivity contribution >= 4 is 54.9 Å². The van der Waals surface area contributed by atoms with E-state index in [4.69, 9.17) is 0 Å². The Labute approximate surface area is 472 Å². The molecule has 0 radical (unpaired) electrons. The van der Waals surface area contributed by atoms with Gasteiger partial charge in [-0.05, 0) is 173 Å². The lowest BCUT2D eigenvalue weighted by Crippen LogP contribution is -2.26. The number of benzene rings is 12. The number of thiophene rings is 1. The van der Waals surface area contributed by atoms with Crippen LogP contribution in [-0.4, -0.2) is 9.13 Å². The topological polar surface area (TPSA) is 9.86 Å². The van der Waals surface area contributed by atoms with Gasteiger partial charge in [0.2, 0.25) is 0 Å². The Bertz CT molecular complexity index is 4750. The Morgan fingerprint density at radius 3 is 0.840 bits per heavy atom. The second kappa shape index (κ2) is 15.8. The molecule has 0 bridgehead atoms. The third-order valence-electron chi connectivity index (χ3n) is 19.0. The van der Waals surface area contributed by atoms with Crippen LogP contribution in [0.4, 0.5) is 0 Å². The summed E-state index contributed by atoms with van der Waals surface area (Å²) in [4.78, 5) is 2.52. The van der Waals surface area contributed by atoms with Crippen LogP contribution in [0.25, 0.3) is 120 Å². The van der Waals surface area contributed by atoms with E-state index in [9.17, 15) is 0 Å². The molecule has 0 amide bonds. The zero-order chi connectivity index (χ0) is 52.7. The Morgan fingerprint density at radius 1 is 0.222 bits per heavy atom. The van der Waals surface area contributed by atoms with Crippen molar-refractivity contribution in [2.75, 3.05) is 0 Å². The van der Waals surface area contributed by atoms with Crippen molar-refractivity contribution in [3.63, 3.8) is 0 Å². The lowest BCUT2D eigenvalue weighted by atomic mass is 9.70. The molecule has 12 aromatic carbocycles. The minimum Gasteiger partial charge on any atom is -0.309 e. The number of aromatic nitrogens is 2. The SMILES string of the molecule is c1ccc2c(c1)-c1ccccc1C21c2cc(-c3ccc(-c4ccc5c(c4)C4(c6ccccc6-c6ccccc64)c4cc(-n6c7ccccc7c7ccccc76)ccc4-5)s3)ccc2-c2ccc(-n3c4ccccc4c4ccccc43)cc21. The number of rotatable bonds is 4. The largest absolute Gasteiger partial charge is 0.309 e. The molecule has 3 aromatic heterocycles. The Hall–Kier alpha value is -10.1. The quantitative estimate of drug-likeness (QED) is 0.166. The molecule has 2 spiro atoms. The van der Waals surface area contributed by atoms with Gasteiger partial charge in [-0.15, -0.1) is 11.3 Å². The van der Waals surface area contributed by atoms with E-state index in [-0.39, 0.29) is 0 Å². The second-order valence-electron chi connectivity index (χ2n) is 22.6. The molecule has 3 heterocycles. The van der Waals surface area contributed by atoms with Crippen LogP contribution in [0.15, 0.2) is 279 Å². The van der Waals surface area contributed by atoms with Gasteiger partial charge >= 0.3 is 0 Å². The summed E-state index contributed by atoms with van der Waals surface area (Å²) in [6, 6.07) is 106. The summed E-state index contributed by atoms with van der Waals surface area (Å²) in [6.45, 7) is 0. The average molecular weight is 1040 g/mol. The predicted octanol–water partition coefficient (Wildman–Crippen LogP) is 20.0. The molecule has 0 saturated carbocycles. The Balaban J connectivity index is 0.778. The van der Waals surface area contributed by atoms with Crippen molar-refractivity contribution in [3.05, 3.63) is 324 Å². The van der Waals surface area contributed by atoms with Crippen molar-refractivity contribution in [1.29, 1.82) is 0 Å². The smallest absolute Gasteiger partial charge is 0.0726 e. The van der Waals surface area contributed by atoms with E-state index in [1.165, 1.54) is 165 Å². The van der Waals surface area contributed by atoms with Crippen LogP contribution >= 0.6 is 11.3 Å². The highest BCUT2D eigenvalue weighted by Gasteiger charge is 2.53. The first-order valence-electron chi connectivity index (χ1n) is 28.2. The standard InChI is InChI=1S/C78H46N2S/c1-9-25-63-51(17-1)52-18-2-10-26-64(52)77(63)67-43-47(33-37-55(67)57-39-35-49(45-69(57)77)79-71-29-13-5-21-59(71)60-22-6-14-30-72(60)79)75-41-42-76(81-75)48-34-38-56-58-40-36-50(80-73-31-15-7-23-61(73)62-24-8-16-32-74(62)80)46-70(58)78(68(56)44-48)65-27-11-3-19-53(65)54-20-4-12-28-66(54)78/h1-46H. The molecule has 0 fully saturated rings. The summed E-state index contributed by atoms with van der Waals surface area (Å²) in [5.41, 5.74) is 29.9. The first-order chi connectivity index (χ1) is 40.2. The fourth-order valence-corrected chi connectivity index (χ4v) is 16.9. The molecule has 0 saturated heterocycles. The molecule has 374 valence electrons. The maximum absolute atomic E-state index is 2.54. The number of para-hydroxylation sites is 4. The summed E-state index contributed by atoms with van der Waals surface area (Å²) in [5.74, 6) is 0. The van der Waals surface area contributed by atoms with Gasteiger partial charge in [-0.2, -0.15) is 0 Å². The summed E-state index contributed by atoms with van der Waals surface area (Å²) < 4.78 is 4.95. The van der Waals surface area contributed by atoms with Crippen LogP contribution in [0.3, 0.4) is 0 Å². The van der Waals surface area contributed by atoms with E-state index >= 15 is 0 Å². The first-order valence-corrected chi connectivity index (χ1v) is 29.0. The summed E-state index contributed by atoms with van der Waals surface area (Å²) in [7, 11) is 0. The first kappa shape index (κ1) is 43.9. The molecule has 4 aliphatic rings. The number of nitrogens with zero attached hydrogens (tertiary/aromatic N) is 2. The average Bonchev–Trinajstić information content (AvgIpc) is 4.43. The van der Waals surface area contributed by atoms with Gasteiger partial charge in [-0.1, -0.05) is 206 Å². The van der Waals surface area contributed by atoms with Crippen LogP contribution in [0.1, 0.15) is 44.5 Å². The van der Waals surface area contributed by atoms with Crippen LogP contribution in [0, 0.1) is 0 Å². The number of hydrogen-bond acceptors (Lipinski definition) is 1. The molecular formula is C78H46N2S. The van der Waals surface area contributed by atoms with Crippen molar-refractivity contribution in [2.45, 2.75) is 10.8 Å². The van der Waals surface area contributed by atoms with Crippen LogP contribution in [0.2, 0.25) is 0 Å². The van der Waals surface area contributed by atoms with Crippen molar-refractivity contribution < 1.29 is 0 Å². The Kier molecular flexibility index (Phi) is 8.57. The van der Waals surface area contributed by atoms with E-state index < -0.39 is 10.8 Å². The lowest BCUT2D eigenvalue weighted by Gasteiger charge is -2.31. The molecule has 0 N–H and O–H groups in total. The number of hydrogen-bond donors (Lipinski definition) is 0. The lowest BCUT2D eigenvalue weighted by molar-refractivity contribution is 0.793. The molecule has 3 heteroatoms. The van der Waals surface area contributed by atoms with Crippen LogP contribution in [0.5, 0.6) is 0 Å². The van der Waals surface area contributed by atoms with E-state index in [2.05, 4.69) is 288 Å². The zero-order valence-corrected chi connectivity index (χ0v) is 44.7. The van der Waals surface area contributed by atoms with Crippen molar-refractivity contribution in [3.8, 4) is 76.8 Å². The molecule has 15 aromatic rings. The summed E-state index contributed by atoms with van der Waals surface area (Å²) in [5, 5.41) is 5.08. The number of fused-ring (bicyclic) bond motifs is 26. The van der Waals surface area contributed by atoms with E-state index in [0.29, 0.717) is 0 Å². The van der Waals surface area contributed by atoms with Gasteiger partial charge < -0.3 is 9.13 Å². The third-order valence-corrected chi connectivity index (χ3v) is 20.2. The van der Waals surface area contributed by atoms with Crippen molar-refractivity contribution in [1.82, 2.24) is 9.13 Å². The highest BCUT2D eigenvalue weighted by atomic mass is 32.1. The van der Waals surface area contributed by atoms with Gasteiger partial charge in [0, 0.05) is 42.7 Å². The monoisotopic (exact) mass is 1040 g/mol. The minimum absolute atomic E-state index is 0.513. The molecule has 4 aliphatic carbocycles. The maximum Gasteiger partial charge on any atom is 0.0726 e. The van der Waals surface area contributed by atoms with Gasteiger partial charge in [0.25, 0.3) is 0 Å². The summed E-state index contributed by atoms with van der Waals surface area (Å²) >= 11 is 1.90. The predicted molar refractivity (Wildman–Crippen MR) is 336 cm³/mol. The third kappa shape index (κ3) is 5.47. The van der Waals surface area contributed by atoms with E-state index in [0.717, 1.165) is 0 Å². The maximum atomic E-state index is 2.54. The van der Waals surface area contributed by atoms with Gasteiger partial charge in [-0.25, -0.2) is 0 Å². The molecule has 2 nitrogen and oxygen atoms in total. The van der Waals surface area contributed by atoms with Crippen molar-refractivity contribution in [2.24, 2.45) is 0 Å². The molecular weight excluding hydrogens is 997 g/mol. The van der Waals surface area contributed by atoms with Gasteiger partial charge in [0.1, 0.15) is 0 Å². The van der Waals surface area contributed by atoms with Gasteiger partial charge in [0.15, 0.2) is 0 Å². The normalized spacial score (nSPS) is 14.1. The highest BCUT2D eigenvalue weighted by molar-refractivity contribution is 7.18. The fourth-order valence-electron chi connectivity index (χ4n) is 15.9.